The molecule has 0 spiro atoms. The van der Waals surface area contributed by atoms with Crippen molar-refractivity contribution in [3.8, 4) is 0 Å². The number of nitrogens with zero attached hydrogens (tertiary/aromatic N) is 1. The van der Waals surface area contributed by atoms with E-state index in [1.807, 2.05) is 32.9 Å². The number of ether oxygens (including phenoxy) is 1. The van der Waals surface area contributed by atoms with Crippen LogP contribution in [0.1, 0.15) is 39.4 Å². The minimum Gasteiger partial charge on any atom is -0.467 e. The fraction of sp³-hybridized carbons (Fsp3) is 0.643. The van der Waals surface area contributed by atoms with E-state index >= 15 is 0 Å². The van der Waals surface area contributed by atoms with E-state index in [1.54, 1.807) is 11.2 Å². The van der Waals surface area contributed by atoms with Gasteiger partial charge in [-0.1, -0.05) is 0 Å². The summed E-state index contributed by atoms with van der Waals surface area (Å²) in [5, 5.41) is 0. The Morgan fingerprint density at radius 3 is 2.84 bits per heavy atom. The zero-order valence-electron chi connectivity index (χ0n) is 11.8. The summed E-state index contributed by atoms with van der Waals surface area (Å²) in [6, 6.07) is 3.68. The van der Waals surface area contributed by atoms with Gasteiger partial charge < -0.3 is 19.8 Å². The molecule has 0 aromatic carbocycles. The summed E-state index contributed by atoms with van der Waals surface area (Å²) < 4.78 is 10.8. The molecular weight excluding hydrogens is 244 g/mol. The molecule has 1 aromatic rings. The summed E-state index contributed by atoms with van der Waals surface area (Å²) in [5.74, 6) is 0.723. The van der Waals surface area contributed by atoms with Gasteiger partial charge in [-0.2, -0.15) is 0 Å². The molecule has 5 heteroatoms. The third-order valence-corrected chi connectivity index (χ3v) is 3.19. The molecule has 1 aromatic heterocycles. The molecule has 106 valence electrons. The van der Waals surface area contributed by atoms with Crippen molar-refractivity contribution >= 4 is 6.09 Å². The van der Waals surface area contributed by atoms with E-state index in [4.69, 9.17) is 14.9 Å². The molecule has 0 aliphatic carbocycles. The predicted molar refractivity (Wildman–Crippen MR) is 71.6 cm³/mol. The van der Waals surface area contributed by atoms with E-state index < -0.39 is 11.1 Å². The van der Waals surface area contributed by atoms with Crippen molar-refractivity contribution in [3.05, 3.63) is 24.2 Å². The van der Waals surface area contributed by atoms with E-state index in [1.165, 1.54) is 0 Å². The summed E-state index contributed by atoms with van der Waals surface area (Å²) in [5.41, 5.74) is 5.27. The van der Waals surface area contributed by atoms with Crippen LogP contribution in [0.2, 0.25) is 0 Å². The average Bonchev–Trinajstić information content (AvgIpc) is 2.80. The molecule has 1 amide bonds. The summed E-state index contributed by atoms with van der Waals surface area (Å²) in [6.45, 7) is 6.68. The maximum atomic E-state index is 12.1. The van der Waals surface area contributed by atoms with Crippen molar-refractivity contribution in [2.24, 2.45) is 5.73 Å². The second-order valence-corrected chi connectivity index (χ2v) is 6.14. The van der Waals surface area contributed by atoms with Crippen LogP contribution < -0.4 is 5.73 Å². The third kappa shape index (κ3) is 3.29. The van der Waals surface area contributed by atoms with E-state index in [-0.39, 0.29) is 6.09 Å². The summed E-state index contributed by atoms with van der Waals surface area (Å²) >= 11 is 0. The van der Waals surface area contributed by atoms with Crippen LogP contribution in [0.25, 0.3) is 0 Å². The number of piperidine rings is 1. The molecular formula is C14H22N2O3. The number of hydrogen-bond donors (Lipinski definition) is 1. The zero-order chi connectivity index (χ0) is 14.1. The molecule has 1 fully saturated rings. The maximum Gasteiger partial charge on any atom is 0.410 e. The molecule has 1 aliphatic heterocycles. The minimum absolute atomic E-state index is 0.311. The van der Waals surface area contributed by atoms with Gasteiger partial charge in [0.1, 0.15) is 11.4 Å². The molecule has 0 bridgehead atoms. The Bertz CT molecular complexity index is 436. The highest BCUT2D eigenvalue weighted by Crippen LogP contribution is 2.30. The van der Waals surface area contributed by atoms with Gasteiger partial charge >= 0.3 is 6.09 Å². The van der Waals surface area contributed by atoms with Gasteiger partial charge in [0.25, 0.3) is 0 Å². The van der Waals surface area contributed by atoms with Crippen LogP contribution in [-0.2, 0) is 10.3 Å². The molecule has 2 rings (SSSR count). The predicted octanol–water partition coefficient (Wildman–Crippen LogP) is 2.46. The lowest BCUT2D eigenvalue weighted by Crippen LogP contribution is -2.54. The first-order valence-corrected chi connectivity index (χ1v) is 6.61. The molecule has 0 radical (unpaired) electrons. The van der Waals surface area contributed by atoms with E-state index in [0.29, 0.717) is 13.1 Å². The number of rotatable bonds is 1. The average molecular weight is 266 g/mol. The Labute approximate surface area is 113 Å². The van der Waals surface area contributed by atoms with E-state index in [9.17, 15) is 4.79 Å². The molecule has 1 saturated heterocycles. The molecule has 5 nitrogen and oxygen atoms in total. The highest BCUT2D eigenvalue weighted by atomic mass is 16.6. The van der Waals surface area contributed by atoms with Crippen molar-refractivity contribution in [1.82, 2.24) is 4.90 Å². The van der Waals surface area contributed by atoms with Gasteiger partial charge in [-0.25, -0.2) is 4.79 Å². The van der Waals surface area contributed by atoms with Gasteiger partial charge in [-0.15, -0.1) is 0 Å². The van der Waals surface area contributed by atoms with E-state index in [0.717, 1.165) is 18.6 Å². The highest BCUT2D eigenvalue weighted by molar-refractivity contribution is 5.68. The van der Waals surface area contributed by atoms with Crippen molar-refractivity contribution in [1.29, 1.82) is 0 Å². The Kier molecular flexibility index (Phi) is 3.58. The largest absolute Gasteiger partial charge is 0.467 e. The molecule has 1 unspecified atom stereocenters. The summed E-state index contributed by atoms with van der Waals surface area (Å²) in [6.07, 6.45) is 2.95. The van der Waals surface area contributed by atoms with Gasteiger partial charge in [0.2, 0.25) is 0 Å². The number of carbonyl (C=O) groups excluding carboxylic acids is 1. The first-order chi connectivity index (χ1) is 8.80. The van der Waals surface area contributed by atoms with Crippen LogP contribution in [0.4, 0.5) is 4.79 Å². The second-order valence-electron chi connectivity index (χ2n) is 6.14. The molecule has 0 saturated carbocycles. The number of hydrogen-bond acceptors (Lipinski definition) is 4. The Morgan fingerprint density at radius 1 is 1.53 bits per heavy atom. The first kappa shape index (κ1) is 13.9. The minimum atomic E-state index is -0.612. The standard InChI is InChI=1S/C14H22N2O3/c1-13(2,3)19-12(17)16-8-5-7-14(15,10-16)11-6-4-9-18-11/h4,6,9H,5,7-8,10,15H2,1-3H3. The monoisotopic (exact) mass is 266 g/mol. The SMILES string of the molecule is CC(C)(C)OC(=O)N1CCCC(N)(c2ccco2)C1. The fourth-order valence-corrected chi connectivity index (χ4v) is 2.33. The van der Waals surface area contributed by atoms with Crippen LogP contribution in [0.3, 0.4) is 0 Å². The van der Waals surface area contributed by atoms with Crippen LogP contribution in [0, 0.1) is 0 Å². The number of amides is 1. The number of nitrogens with two attached hydrogens (primary N) is 1. The lowest BCUT2D eigenvalue weighted by atomic mass is 9.88. The molecule has 1 atom stereocenters. The fourth-order valence-electron chi connectivity index (χ4n) is 2.33. The van der Waals surface area contributed by atoms with Gasteiger partial charge in [-0.3, -0.25) is 0 Å². The normalized spacial score (nSPS) is 24.3. The number of likely N-dealkylation sites (tertiary alicyclic amines) is 1. The van der Waals surface area contributed by atoms with Crippen LogP contribution in [0.5, 0.6) is 0 Å². The zero-order valence-corrected chi connectivity index (χ0v) is 11.8. The van der Waals surface area contributed by atoms with Crippen molar-refractivity contribution in [3.63, 3.8) is 0 Å². The van der Waals surface area contributed by atoms with Gasteiger partial charge in [-0.05, 0) is 45.7 Å². The highest BCUT2D eigenvalue weighted by Gasteiger charge is 2.38. The maximum absolute atomic E-state index is 12.1. The topological polar surface area (TPSA) is 68.7 Å². The van der Waals surface area contributed by atoms with Crippen molar-refractivity contribution in [2.45, 2.75) is 44.8 Å². The number of carbonyl (C=O) groups is 1. The quantitative estimate of drug-likeness (QED) is 0.847. The first-order valence-electron chi connectivity index (χ1n) is 6.61. The molecule has 19 heavy (non-hydrogen) atoms. The molecule has 2 N–H and O–H groups in total. The summed E-state index contributed by atoms with van der Waals surface area (Å²) in [4.78, 5) is 13.8. The Balaban J connectivity index is 2.07. The summed E-state index contributed by atoms with van der Waals surface area (Å²) in [7, 11) is 0. The van der Waals surface area contributed by atoms with Crippen LogP contribution in [0.15, 0.2) is 22.8 Å². The molecule has 1 aliphatic rings. The lowest BCUT2D eigenvalue weighted by molar-refractivity contribution is 0.0122. The number of furan rings is 1. The van der Waals surface area contributed by atoms with E-state index in [2.05, 4.69) is 0 Å². The Hall–Kier alpha value is -1.49. The lowest BCUT2D eigenvalue weighted by Gasteiger charge is -2.39. The van der Waals surface area contributed by atoms with Crippen molar-refractivity contribution in [2.75, 3.05) is 13.1 Å². The van der Waals surface area contributed by atoms with Crippen LogP contribution >= 0.6 is 0 Å². The third-order valence-electron chi connectivity index (χ3n) is 3.19. The molecule has 2 heterocycles. The van der Waals surface area contributed by atoms with Gasteiger partial charge in [0, 0.05) is 13.1 Å². The Morgan fingerprint density at radius 2 is 2.26 bits per heavy atom. The van der Waals surface area contributed by atoms with Crippen LogP contribution in [-0.4, -0.2) is 29.7 Å². The van der Waals surface area contributed by atoms with Gasteiger partial charge in [0.05, 0.1) is 11.8 Å². The van der Waals surface area contributed by atoms with Gasteiger partial charge in [0.15, 0.2) is 0 Å². The smallest absolute Gasteiger partial charge is 0.410 e. The second kappa shape index (κ2) is 4.89. The van der Waals surface area contributed by atoms with Crippen molar-refractivity contribution < 1.29 is 13.9 Å².